The highest BCUT2D eigenvalue weighted by Gasteiger charge is 2.22. The highest BCUT2D eigenvalue weighted by molar-refractivity contribution is 9.10. The molecule has 0 heterocycles. The summed E-state index contributed by atoms with van der Waals surface area (Å²) in [6.07, 6.45) is 0. The Bertz CT molecular complexity index is 615. The lowest BCUT2D eigenvalue weighted by molar-refractivity contribution is 0.561. The first-order valence-corrected chi connectivity index (χ1v) is 7.85. The van der Waals surface area contributed by atoms with Gasteiger partial charge in [-0.1, -0.05) is 40.2 Å². The van der Waals surface area contributed by atoms with E-state index in [1.807, 2.05) is 18.2 Å². The van der Waals surface area contributed by atoms with Crippen molar-refractivity contribution in [1.29, 1.82) is 0 Å². The molecule has 21 heavy (non-hydrogen) atoms. The van der Waals surface area contributed by atoms with Crippen molar-refractivity contribution in [3.63, 3.8) is 0 Å². The van der Waals surface area contributed by atoms with Gasteiger partial charge in [0.25, 0.3) is 0 Å². The summed E-state index contributed by atoms with van der Waals surface area (Å²) in [6.45, 7) is 5.25. The van der Waals surface area contributed by atoms with Crippen molar-refractivity contribution in [2.75, 3.05) is 18.0 Å². The molecule has 2 nitrogen and oxygen atoms in total. The molecule has 2 N–H and O–H groups in total. The fraction of sp³-hybridized carbons (Fsp3) is 0.294. The minimum Gasteiger partial charge on any atom is -0.363 e. The zero-order valence-corrected chi connectivity index (χ0v) is 13.9. The Kier molecular flexibility index (Phi) is 5.37. The molecular weight excluding hydrogens is 331 g/mol. The van der Waals surface area contributed by atoms with E-state index in [9.17, 15) is 4.39 Å². The van der Waals surface area contributed by atoms with Crippen LogP contribution in [0, 0.1) is 12.7 Å². The SMILES string of the molecule is CCN(c1ccccc1C)C(CN)c1ccc(Br)cc1F. The molecule has 1 unspecified atom stereocenters. The molecule has 112 valence electrons. The molecule has 2 aromatic rings. The zero-order valence-electron chi connectivity index (χ0n) is 12.3. The molecule has 2 aromatic carbocycles. The molecule has 2 rings (SSSR count). The quantitative estimate of drug-likeness (QED) is 0.864. The Balaban J connectivity index is 2.45. The van der Waals surface area contributed by atoms with E-state index in [0.29, 0.717) is 12.1 Å². The number of likely N-dealkylation sites (N-methyl/N-ethyl adjacent to an activating group) is 1. The van der Waals surface area contributed by atoms with Crippen molar-refractivity contribution in [3.8, 4) is 0 Å². The molecule has 0 spiro atoms. The number of aryl methyl sites for hydroxylation is 1. The number of halogens is 2. The number of hydrogen-bond acceptors (Lipinski definition) is 2. The Hall–Kier alpha value is -1.39. The van der Waals surface area contributed by atoms with E-state index in [1.54, 1.807) is 6.07 Å². The molecular formula is C17H20BrFN2. The summed E-state index contributed by atoms with van der Waals surface area (Å²) in [7, 11) is 0. The molecule has 0 aliphatic carbocycles. The lowest BCUT2D eigenvalue weighted by Crippen LogP contribution is -2.34. The molecule has 0 saturated heterocycles. The van der Waals surface area contributed by atoms with Crippen molar-refractivity contribution in [2.24, 2.45) is 5.73 Å². The predicted molar refractivity (Wildman–Crippen MR) is 90.1 cm³/mol. The average Bonchev–Trinajstić information content (AvgIpc) is 2.47. The summed E-state index contributed by atoms with van der Waals surface area (Å²) in [4.78, 5) is 2.15. The van der Waals surface area contributed by atoms with Crippen LogP contribution in [0.5, 0.6) is 0 Å². The lowest BCUT2D eigenvalue weighted by atomic mass is 10.0. The summed E-state index contributed by atoms with van der Waals surface area (Å²) in [5, 5.41) is 0. The molecule has 0 aliphatic rings. The topological polar surface area (TPSA) is 29.3 Å². The summed E-state index contributed by atoms with van der Waals surface area (Å²) < 4.78 is 15.0. The van der Waals surface area contributed by atoms with Crippen LogP contribution in [0.2, 0.25) is 0 Å². The molecule has 0 bridgehead atoms. The number of rotatable bonds is 5. The van der Waals surface area contributed by atoms with Crippen LogP contribution in [-0.2, 0) is 0 Å². The van der Waals surface area contributed by atoms with E-state index in [1.165, 1.54) is 6.07 Å². The number of anilines is 1. The van der Waals surface area contributed by atoms with Crippen molar-refractivity contribution < 1.29 is 4.39 Å². The molecule has 4 heteroatoms. The maximum Gasteiger partial charge on any atom is 0.129 e. The molecule has 0 aromatic heterocycles. The van der Waals surface area contributed by atoms with Crippen molar-refractivity contribution in [3.05, 3.63) is 63.9 Å². The maximum absolute atomic E-state index is 14.3. The Morgan fingerprint density at radius 3 is 2.52 bits per heavy atom. The van der Waals surface area contributed by atoms with Crippen LogP contribution in [0.15, 0.2) is 46.9 Å². The van der Waals surface area contributed by atoms with E-state index in [0.717, 1.165) is 22.3 Å². The van der Waals surface area contributed by atoms with Crippen LogP contribution >= 0.6 is 15.9 Å². The zero-order chi connectivity index (χ0) is 15.4. The van der Waals surface area contributed by atoms with Gasteiger partial charge in [-0.05, 0) is 37.6 Å². The molecule has 0 fully saturated rings. The van der Waals surface area contributed by atoms with Gasteiger partial charge < -0.3 is 10.6 Å². The van der Waals surface area contributed by atoms with Crippen LogP contribution in [0.3, 0.4) is 0 Å². The summed E-state index contributed by atoms with van der Waals surface area (Å²) in [5.41, 5.74) is 8.84. The molecule has 0 amide bonds. The van der Waals surface area contributed by atoms with Gasteiger partial charge in [0.2, 0.25) is 0 Å². The highest BCUT2D eigenvalue weighted by atomic mass is 79.9. The van der Waals surface area contributed by atoms with Crippen LogP contribution in [0.4, 0.5) is 10.1 Å². The van der Waals surface area contributed by atoms with Crippen molar-refractivity contribution in [1.82, 2.24) is 0 Å². The first-order valence-electron chi connectivity index (χ1n) is 7.05. The van der Waals surface area contributed by atoms with Gasteiger partial charge in [-0.3, -0.25) is 0 Å². The van der Waals surface area contributed by atoms with Crippen LogP contribution in [0.1, 0.15) is 24.1 Å². The van der Waals surface area contributed by atoms with Crippen LogP contribution in [0.25, 0.3) is 0 Å². The van der Waals surface area contributed by atoms with Crippen molar-refractivity contribution >= 4 is 21.6 Å². The largest absolute Gasteiger partial charge is 0.363 e. The summed E-state index contributed by atoms with van der Waals surface area (Å²) in [6, 6.07) is 13.1. The lowest BCUT2D eigenvalue weighted by Gasteiger charge is -2.33. The Morgan fingerprint density at radius 1 is 1.24 bits per heavy atom. The van der Waals surface area contributed by atoms with Crippen molar-refractivity contribution in [2.45, 2.75) is 19.9 Å². The van der Waals surface area contributed by atoms with E-state index >= 15 is 0 Å². The Labute approximate surface area is 133 Å². The van der Waals surface area contributed by atoms with Gasteiger partial charge in [0, 0.05) is 28.8 Å². The normalized spacial score (nSPS) is 12.2. The monoisotopic (exact) mass is 350 g/mol. The van der Waals surface area contributed by atoms with E-state index in [-0.39, 0.29) is 11.9 Å². The molecule has 0 radical (unpaired) electrons. The minimum atomic E-state index is -0.230. The predicted octanol–water partition coefficient (Wildman–Crippen LogP) is 4.42. The summed E-state index contributed by atoms with van der Waals surface area (Å²) >= 11 is 3.29. The third-order valence-corrected chi connectivity index (χ3v) is 4.18. The maximum atomic E-state index is 14.3. The first-order chi connectivity index (χ1) is 10.1. The number of hydrogen-bond donors (Lipinski definition) is 1. The minimum absolute atomic E-state index is 0.177. The third-order valence-electron chi connectivity index (χ3n) is 3.69. The standard InChI is InChI=1S/C17H20BrFN2/c1-3-21(16-7-5-4-6-12(16)2)17(11-20)14-9-8-13(18)10-15(14)19/h4-10,17H,3,11,20H2,1-2H3. The van der Waals surface area contributed by atoms with Gasteiger partial charge in [-0.25, -0.2) is 4.39 Å². The first kappa shape index (κ1) is 16.0. The highest BCUT2D eigenvalue weighted by Crippen LogP contribution is 2.31. The second kappa shape index (κ2) is 7.05. The van der Waals surface area contributed by atoms with Crippen LogP contribution in [-0.4, -0.2) is 13.1 Å². The number of para-hydroxylation sites is 1. The summed E-state index contributed by atoms with van der Waals surface area (Å²) in [5.74, 6) is -0.230. The molecule has 0 saturated carbocycles. The van der Waals surface area contributed by atoms with E-state index in [4.69, 9.17) is 5.73 Å². The number of benzene rings is 2. The van der Waals surface area contributed by atoms with Gasteiger partial charge in [0.15, 0.2) is 0 Å². The van der Waals surface area contributed by atoms with Crippen LogP contribution < -0.4 is 10.6 Å². The van der Waals surface area contributed by atoms with E-state index < -0.39 is 0 Å². The molecule has 0 aliphatic heterocycles. The van der Waals surface area contributed by atoms with Gasteiger partial charge in [0.1, 0.15) is 5.82 Å². The molecule has 1 atom stereocenters. The number of nitrogens with two attached hydrogens (primary N) is 1. The fourth-order valence-corrected chi connectivity index (χ4v) is 2.97. The van der Waals surface area contributed by atoms with Gasteiger partial charge in [-0.2, -0.15) is 0 Å². The third kappa shape index (κ3) is 3.44. The second-order valence-corrected chi connectivity index (χ2v) is 5.91. The van der Waals surface area contributed by atoms with Gasteiger partial charge in [-0.15, -0.1) is 0 Å². The Morgan fingerprint density at radius 2 is 1.95 bits per heavy atom. The van der Waals surface area contributed by atoms with Gasteiger partial charge >= 0.3 is 0 Å². The fourth-order valence-electron chi connectivity index (χ4n) is 2.64. The number of nitrogens with zero attached hydrogens (tertiary/aromatic N) is 1. The average molecular weight is 351 g/mol. The smallest absolute Gasteiger partial charge is 0.129 e. The van der Waals surface area contributed by atoms with E-state index in [2.05, 4.69) is 46.8 Å². The second-order valence-electron chi connectivity index (χ2n) is 4.99. The van der Waals surface area contributed by atoms with Gasteiger partial charge in [0.05, 0.1) is 6.04 Å².